The van der Waals surface area contributed by atoms with Crippen LogP contribution in [0, 0.1) is 10.8 Å². The fourth-order valence-corrected chi connectivity index (χ4v) is 2.72. The Labute approximate surface area is 78.1 Å². The highest BCUT2D eigenvalue weighted by Crippen LogP contribution is 2.66. The summed E-state index contributed by atoms with van der Waals surface area (Å²) in [6.45, 7) is 6.12. The molecule has 2 rings (SSSR count). The van der Waals surface area contributed by atoms with Crippen LogP contribution in [0.25, 0.3) is 0 Å². The van der Waals surface area contributed by atoms with Gasteiger partial charge < -0.3 is 4.74 Å². The molecule has 12 heavy (non-hydrogen) atoms. The van der Waals surface area contributed by atoms with Crippen molar-refractivity contribution in [1.29, 1.82) is 0 Å². The van der Waals surface area contributed by atoms with Gasteiger partial charge >= 0.3 is 5.97 Å². The van der Waals surface area contributed by atoms with Crippen LogP contribution < -0.4 is 0 Å². The van der Waals surface area contributed by atoms with Crippen molar-refractivity contribution in [2.75, 3.05) is 0 Å². The number of hydrogen-bond donors (Lipinski definition) is 1. The predicted octanol–water partition coefficient (Wildman–Crippen LogP) is 2.00. The van der Waals surface area contributed by atoms with E-state index in [1.807, 2.05) is 6.92 Å². The Hall–Kier alpha value is -0.180. The Kier molecular flexibility index (Phi) is 1.29. The molecule has 0 aromatic carbocycles. The minimum absolute atomic E-state index is 0.0752. The molecule has 1 aliphatic heterocycles. The van der Waals surface area contributed by atoms with E-state index < -0.39 is 4.93 Å². The summed E-state index contributed by atoms with van der Waals surface area (Å²) in [7, 11) is 0. The first-order valence-corrected chi connectivity index (χ1v) is 4.74. The number of hydrogen-bond acceptors (Lipinski definition) is 3. The Bertz CT molecular complexity index is 261. The molecule has 2 fully saturated rings. The molecule has 2 atom stereocenters. The van der Waals surface area contributed by atoms with Crippen molar-refractivity contribution in [2.45, 2.75) is 38.5 Å². The molecular formula is C9H14O2S. The van der Waals surface area contributed by atoms with Crippen LogP contribution in [-0.4, -0.2) is 10.9 Å². The second-order valence-corrected chi connectivity index (χ2v) is 5.35. The minimum atomic E-state index is -0.515. The summed E-state index contributed by atoms with van der Waals surface area (Å²) in [5.74, 6) is -0.0752. The highest BCUT2D eigenvalue weighted by molar-refractivity contribution is 7.81. The number of fused-ring (bicyclic) bond motifs is 2. The monoisotopic (exact) mass is 186 g/mol. The predicted molar refractivity (Wildman–Crippen MR) is 48.9 cm³/mol. The van der Waals surface area contributed by atoms with Crippen LogP contribution >= 0.6 is 12.6 Å². The average molecular weight is 186 g/mol. The summed E-state index contributed by atoms with van der Waals surface area (Å²) < 4.78 is 5.29. The van der Waals surface area contributed by atoms with Crippen molar-refractivity contribution in [3.63, 3.8) is 0 Å². The Morgan fingerprint density at radius 1 is 1.33 bits per heavy atom. The summed E-state index contributed by atoms with van der Waals surface area (Å²) in [4.78, 5) is 11.0. The zero-order chi connectivity index (χ0) is 9.20. The van der Waals surface area contributed by atoms with Crippen molar-refractivity contribution < 1.29 is 9.53 Å². The van der Waals surface area contributed by atoms with Crippen molar-refractivity contribution in [2.24, 2.45) is 10.8 Å². The Morgan fingerprint density at radius 2 is 1.92 bits per heavy atom. The van der Waals surface area contributed by atoms with Gasteiger partial charge in [-0.1, -0.05) is 13.8 Å². The van der Waals surface area contributed by atoms with Crippen molar-refractivity contribution in [3.8, 4) is 0 Å². The molecule has 1 saturated carbocycles. The van der Waals surface area contributed by atoms with Gasteiger partial charge in [-0.25, -0.2) is 0 Å². The molecule has 1 saturated heterocycles. The first kappa shape index (κ1) is 8.42. The van der Waals surface area contributed by atoms with E-state index in [1.54, 1.807) is 0 Å². The molecule has 3 heteroatoms. The zero-order valence-corrected chi connectivity index (χ0v) is 8.57. The normalized spacial score (nSPS) is 49.5. The second-order valence-electron chi connectivity index (χ2n) is 4.63. The zero-order valence-electron chi connectivity index (χ0n) is 7.68. The molecule has 1 unspecified atom stereocenters. The van der Waals surface area contributed by atoms with Gasteiger partial charge in [0.15, 0.2) is 4.93 Å². The molecule has 2 nitrogen and oxygen atoms in total. The maximum Gasteiger partial charge on any atom is 0.313 e. The Balaban J connectivity index is 2.56. The van der Waals surface area contributed by atoms with Gasteiger partial charge in [0.05, 0.1) is 5.41 Å². The van der Waals surface area contributed by atoms with Crippen molar-refractivity contribution in [1.82, 2.24) is 0 Å². The summed E-state index contributed by atoms with van der Waals surface area (Å²) in [5.41, 5.74) is -0.449. The molecular weight excluding hydrogens is 172 g/mol. The molecule has 0 aromatic rings. The third-order valence-corrected chi connectivity index (χ3v) is 4.91. The molecule has 1 heterocycles. The van der Waals surface area contributed by atoms with Gasteiger partial charge in [-0.15, -0.1) is 12.6 Å². The quantitative estimate of drug-likeness (QED) is 0.462. The van der Waals surface area contributed by atoms with E-state index in [-0.39, 0.29) is 16.8 Å². The number of carbonyl (C=O) groups is 1. The number of rotatable bonds is 0. The maximum absolute atomic E-state index is 11.5. The third kappa shape index (κ3) is 0.595. The maximum atomic E-state index is 11.5. The highest BCUT2D eigenvalue weighted by Gasteiger charge is 2.71. The molecule has 2 bridgehead atoms. The summed E-state index contributed by atoms with van der Waals surface area (Å²) in [6, 6.07) is 0. The molecule has 0 aromatic heterocycles. The standard InChI is InChI=1S/C9H14O2S/c1-7(2)8(3)4-5-9(7,12)11-6(8)10/h12H,4-5H2,1-3H3/t8-,9?/m1/s1. The van der Waals surface area contributed by atoms with Gasteiger partial charge in [-0.3, -0.25) is 4.79 Å². The van der Waals surface area contributed by atoms with Gasteiger partial charge in [0.2, 0.25) is 0 Å². The largest absolute Gasteiger partial charge is 0.447 e. The molecule has 0 N–H and O–H groups in total. The van der Waals surface area contributed by atoms with Crippen molar-refractivity contribution in [3.05, 3.63) is 0 Å². The molecule has 0 spiro atoms. The highest BCUT2D eigenvalue weighted by atomic mass is 32.1. The van der Waals surface area contributed by atoms with E-state index in [0.717, 1.165) is 12.8 Å². The van der Waals surface area contributed by atoms with Gasteiger partial charge in [-0.2, -0.15) is 0 Å². The van der Waals surface area contributed by atoms with E-state index in [1.165, 1.54) is 0 Å². The molecule has 0 radical (unpaired) electrons. The van der Waals surface area contributed by atoms with Gasteiger partial charge in [0, 0.05) is 5.41 Å². The van der Waals surface area contributed by atoms with Crippen LogP contribution in [0.3, 0.4) is 0 Å². The first-order valence-electron chi connectivity index (χ1n) is 4.29. The number of carbonyl (C=O) groups excluding carboxylic acids is 1. The first-order chi connectivity index (χ1) is 5.33. The van der Waals surface area contributed by atoms with Crippen LogP contribution in [0.4, 0.5) is 0 Å². The van der Waals surface area contributed by atoms with Gasteiger partial charge in [0.1, 0.15) is 0 Å². The number of ether oxygens (including phenoxy) is 1. The smallest absolute Gasteiger partial charge is 0.313 e. The van der Waals surface area contributed by atoms with Gasteiger partial charge in [0.25, 0.3) is 0 Å². The summed E-state index contributed by atoms with van der Waals surface area (Å²) in [6.07, 6.45) is 1.79. The average Bonchev–Trinajstić information content (AvgIpc) is 2.18. The van der Waals surface area contributed by atoms with Crippen LogP contribution in [0.15, 0.2) is 0 Å². The minimum Gasteiger partial charge on any atom is -0.447 e. The lowest BCUT2D eigenvalue weighted by molar-refractivity contribution is -0.153. The summed E-state index contributed by atoms with van der Waals surface area (Å²) in [5, 5.41) is 0. The molecule has 0 amide bonds. The van der Waals surface area contributed by atoms with Crippen LogP contribution in [-0.2, 0) is 9.53 Å². The molecule has 1 aliphatic carbocycles. The van der Waals surface area contributed by atoms with Crippen LogP contribution in [0.2, 0.25) is 0 Å². The van der Waals surface area contributed by atoms with E-state index in [9.17, 15) is 4.79 Å². The molecule has 2 aliphatic rings. The van der Waals surface area contributed by atoms with Gasteiger partial charge in [-0.05, 0) is 19.8 Å². The third-order valence-electron chi connectivity index (χ3n) is 4.03. The van der Waals surface area contributed by atoms with E-state index in [2.05, 4.69) is 26.5 Å². The lowest BCUT2D eigenvalue weighted by Gasteiger charge is -2.32. The van der Waals surface area contributed by atoms with E-state index in [4.69, 9.17) is 4.74 Å². The Morgan fingerprint density at radius 3 is 2.08 bits per heavy atom. The van der Waals surface area contributed by atoms with Crippen LogP contribution in [0.5, 0.6) is 0 Å². The lowest BCUT2D eigenvalue weighted by Crippen LogP contribution is -2.36. The SMILES string of the molecule is CC1(C)C2(S)CC[C@]1(C)C(=O)O2. The molecule has 68 valence electrons. The fourth-order valence-electron chi connectivity index (χ4n) is 2.28. The van der Waals surface area contributed by atoms with Crippen LogP contribution in [0.1, 0.15) is 33.6 Å². The van der Waals surface area contributed by atoms with Crippen molar-refractivity contribution >= 4 is 18.6 Å². The number of esters is 1. The van der Waals surface area contributed by atoms with E-state index in [0.29, 0.717) is 0 Å². The summed E-state index contributed by atoms with van der Waals surface area (Å²) >= 11 is 4.47. The van der Waals surface area contributed by atoms with E-state index >= 15 is 0 Å². The second kappa shape index (κ2) is 1.84. The fraction of sp³-hybridized carbons (Fsp3) is 0.889. The number of thiol groups is 1. The lowest BCUT2D eigenvalue weighted by atomic mass is 9.70. The topological polar surface area (TPSA) is 26.3 Å².